The molecule has 2 fully saturated rings. The molecule has 0 bridgehead atoms. The molecule has 1 atom stereocenters. The van der Waals surface area contributed by atoms with Crippen LogP contribution in [0.5, 0.6) is 0 Å². The lowest BCUT2D eigenvalue weighted by molar-refractivity contribution is -0.157. The molecule has 1 aliphatic carbocycles. The number of thiophene rings is 1. The molecule has 1 unspecified atom stereocenters. The van der Waals surface area contributed by atoms with E-state index in [1.54, 1.807) is 11.3 Å². The lowest BCUT2D eigenvalue weighted by atomic mass is 9.78. The molecule has 2 heterocycles. The van der Waals surface area contributed by atoms with E-state index in [1.807, 2.05) is 29.3 Å². The number of nitrogens with zero attached hydrogens (tertiary/aromatic N) is 1. The highest BCUT2D eigenvalue weighted by Gasteiger charge is 2.50. The highest BCUT2D eigenvalue weighted by Crippen LogP contribution is 2.34. The maximum Gasteiger partial charge on any atom is 0.249 e. The summed E-state index contributed by atoms with van der Waals surface area (Å²) in [7, 11) is 0. The Morgan fingerprint density at radius 3 is 2.71 bits per heavy atom. The van der Waals surface area contributed by atoms with Gasteiger partial charge in [0.25, 0.3) is 0 Å². The minimum atomic E-state index is -0.627. The summed E-state index contributed by atoms with van der Waals surface area (Å²) >= 11 is 1.64. The van der Waals surface area contributed by atoms with Crippen LogP contribution in [0.1, 0.15) is 50.3 Å². The van der Waals surface area contributed by atoms with E-state index in [9.17, 15) is 9.59 Å². The molecule has 1 aromatic rings. The van der Waals surface area contributed by atoms with E-state index in [2.05, 4.69) is 5.32 Å². The minimum absolute atomic E-state index is 0.0237. The van der Waals surface area contributed by atoms with E-state index < -0.39 is 5.54 Å². The molecule has 2 aliphatic rings. The summed E-state index contributed by atoms with van der Waals surface area (Å²) < 4.78 is 0. The zero-order valence-corrected chi connectivity index (χ0v) is 13.2. The van der Waals surface area contributed by atoms with Gasteiger partial charge in [-0.1, -0.05) is 32.3 Å². The molecule has 4 nitrogen and oxygen atoms in total. The fourth-order valence-electron chi connectivity index (χ4n) is 3.58. The summed E-state index contributed by atoms with van der Waals surface area (Å²) in [6.45, 7) is 2.53. The van der Waals surface area contributed by atoms with Crippen molar-refractivity contribution >= 4 is 23.2 Å². The Bertz CT molecular complexity index is 520. The Hall–Kier alpha value is -1.36. The van der Waals surface area contributed by atoms with Crippen LogP contribution in [-0.4, -0.2) is 28.3 Å². The third-order valence-electron chi connectivity index (χ3n) is 4.71. The SMILES string of the molecule is CCC1C(=O)NC2(CCCCC2)C(=O)N1Cc1cccs1. The molecule has 0 radical (unpaired) electrons. The molecule has 1 spiro atoms. The van der Waals surface area contributed by atoms with Crippen molar-refractivity contribution in [2.75, 3.05) is 0 Å². The Labute approximate surface area is 129 Å². The molecule has 3 rings (SSSR count). The average molecular weight is 306 g/mol. The first kappa shape index (κ1) is 14.6. The topological polar surface area (TPSA) is 49.4 Å². The third kappa shape index (κ3) is 2.59. The standard InChI is InChI=1S/C16H22N2O2S/c1-2-13-14(19)17-16(8-4-3-5-9-16)15(20)18(13)11-12-7-6-10-21-12/h6-7,10,13H,2-5,8-9,11H2,1H3,(H,17,19). The maximum absolute atomic E-state index is 13.1. The monoisotopic (exact) mass is 306 g/mol. The van der Waals surface area contributed by atoms with Gasteiger partial charge >= 0.3 is 0 Å². The maximum atomic E-state index is 13.1. The van der Waals surface area contributed by atoms with Crippen LogP contribution in [0.15, 0.2) is 17.5 Å². The summed E-state index contributed by atoms with van der Waals surface area (Å²) in [6, 6.07) is 3.70. The van der Waals surface area contributed by atoms with Gasteiger partial charge < -0.3 is 10.2 Å². The molecule has 1 aliphatic heterocycles. The van der Waals surface area contributed by atoms with Gasteiger partial charge in [-0.2, -0.15) is 0 Å². The first-order valence-corrected chi connectivity index (χ1v) is 8.70. The lowest BCUT2D eigenvalue weighted by Crippen LogP contribution is -2.70. The largest absolute Gasteiger partial charge is 0.340 e. The predicted octanol–water partition coefficient (Wildman–Crippen LogP) is 2.69. The molecule has 1 N–H and O–H groups in total. The van der Waals surface area contributed by atoms with Crippen LogP contribution >= 0.6 is 11.3 Å². The Morgan fingerprint density at radius 1 is 1.33 bits per heavy atom. The zero-order chi connectivity index (χ0) is 14.9. The van der Waals surface area contributed by atoms with Crippen LogP contribution in [0.4, 0.5) is 0 Å². The van der Waals surface area contributed by atoms with Crippen molar-refractivity contribution < 1.29 is 9.59 Å². The molecule has 1 saturated heterocycles. The first-order valence-electron chi connectivity index (χ1n) is 7.82. The number of nitrogens with one attached hydrogen (secondary N) is 1. The van der Waals surface area contributed by atoms with Crippen LogP contribution < -0.4 is 5.32 Å². The molecule has 2 amide bonds. The second kappa shape index (κ2) is 5.79. The van der Waals surface area contributed by atoms with Gasteiger partial charge in [0, 0.05) is 4.88 Å². The van der Waals surface area contributed by atoms with Crippen molar-refractivity contribution in [2.45, 2.75) is 63.6 Å². The van der Waals surface area contributed by atoms with E-state index in [0.29, 0.717) is 13.0 Å². The summed E-state index contributed by atoms with van der Waals surface area (Å²) in [4.78, 5) is 28.5. The van der Waals surface area contributed by atoms with Gasteiger partial charge in [0.15, 0.2) is 0 Å². The molecule has 21 heavy (non-hydrogen) atoms. The molecular weight excluding hydrogens is 284 g/mol. The molecular formula is C16H22N2O2S. The summed E-state index contributed by atoms with van der Waals surface area (Å²) in [5, 5.41) is 5.08. The number of rotatable bonds is 3. The van der Waals surface area contributed by atoms with Crippen molar-refractivity contribution in [2.24, 2.45) is 0 Å². The number of hydrogen-bond acceptors (Lipinski definition) is 3. The molecule has 1 saturated carbocycles. The number of piperazine rings is 1. The van der Waals surface area contributed by atoms with E-state index in [0.717, 1.165) is 37.0 Å². The third-order valence-corrected chi connectivity index (χ3v) is 5.57. The zero-order valence-electron chi connectivity index (χ0n) is 12.4. The van der Waals surface area contributed by atoms with Gasteiger partial charge in [0.1, 0.15) is 11.6 Å². The van der Waals surface area contributed by atoms with E-state index in [1.165, 1.54) is 0 Å². The first-order chi connectivity index (χ1) is 10.2. The number of amides is 2. The van der Waals surface area contributed by atoms with Gasteiger partial charge in [-0.15, -0.1) is 11.3 Å². The highest BCUT2D eigenvalue weighted by atomic mass is 32.1. The van der Waals surface area contributed by atoms with Crippen molar-refractivity contribution in [3.05, 3.63) is 22.4 Å². The Kier molecular flexibility index (Phi) is 4.02. The number of carbonyl (C=O) groups is 2. The minimum Gasteiger partial charge on any atom is -0.340 e. The average Bonchev–Trinajstić information content (AvgIpc) is 2.99. The summed E-state index contributed by atoms with van der Waals surface area (Å²) in [6.07, 6.45) is 5.45. The van der Waals surface area contributed by atoms with Crippen LogP contribution in [0.3, 0.4) is 0 Å². The van der Waals surface area contributed by atoms with E-state index >= 15 is 0 Å². The molecule has 1 aromatic heterocycles. The van der Waals surface area contributed by atoms with Gasteiger partial charge in [0.2, 0.25) is 11.8 Å². The summed E-state index contributed by atoms with van der Waals surface area (Å²) in [5.74, 6) is 0.151. The van der Waals surface area contributed by atoms with Crippen molar-refractivity contribution in [3.63, 3.8) is 0 Å². The Balaban J connectivity index is 1.88. The normalized spacial score (nSPS) is 25.2. The van der Waals surface area contributed by atoms with Gasteiger partial charge in [-0.3, -0.25) is 9.59 Å². The van der Waals surface area contributed by atoms with Crippen LogP contribution in [0.2, 0.25) is 0 Å². The van der Waals surface area contributed by atoms with Crippen LogP contribution in [-0.2, 0) is 16.1 Å². The van der Waals surface area contributed by atoms with E-state index in [4.69, 9.17) is 0 Å². The lowest BCUT2D eigenvalue weighted by Gasteiger charge is -2.47. The second-order valence-corrected chi connectivity index (χ2v) is 7.10. The smallest absolute Gasteiger partial charge is 0.249 e. The Morgan fingerprint density at radius 2 is 2.10 bits per heavy atom. The fourth-order valence-corrected chi connectivity index (χ4v) is 4.29. The molecule has 0 aromatic carbocycles. The quantitative estimate of drug-likeness (QED) is 0.933. The number of hydrogen-bond donors (Lipinski definition) is 1. The van der Waals surface area contributed by atoms with Crippen LogP contribution in [0.25, 0.3) is 0 Å². The van der Waals surface area contributed by atoms with Gasteiger partial charge in [-0.25, -0.2) is 0 Å². The van der Waals surface area contributed by atoms with E-state index in [-0.39, 0.29) is 17.9 Å². The van der Waals surface area contributed by atoms with Gasteiger partial charge in [0.05, 0.1) is 6.54 Å². The van der Waals surface area contributed by atoms with Crippen molar-refractivity contribution in [3.8, 4) is 0 Å². The van der Waals surface area contributed by atoms with Crippen molar-refractivity contribution in [1.82, 2.24) is 10.2 Å². The van der Waals surface area contributed by atoms with Crippen molar-refractivity contribution in [1.29, 1.82) is 0 Å². The summed E-state index contributed by atoms with van der Waals surface area (Å²) in [5.41, 5.74) is -0.627. The molecule has 5 heteroatoms. The predicted molar refractivity (Wildman–Crippen MR) is 82.9 cm³/mol. The van der Waals surface area contributed by atoms with Gasteiger partial charge in [-0.05, 0) is 30.7 Å². The fraction of sp³-hybridized carbons (Fsp3) is 0.625. The highest BCUT2D eigenvalue weighted by molar-refractivity contribution is 7.09. The molecule has 114 valence electrons. The second-order valence-electron chi connectivity index (χ2n) is 6.07. The van der Waals surface area contributed by atoms with Crippen LogP contribution in [0, 0.1) is 0 Å². The number of carbonyl (C=O) groups excluding carboxylic acids is 2.